The molecule has 0 bridgehead atoms. The summed E-state index contributed by atoms with van der Waals surface area (Å²) in [6, 6.07) is 5.32. The summed E-state index contributed by atoms with van der Waals surface area (Å²) < 4.78 is 18.6. The average Bonchev–Trinajstić information content (AvgIpc) is 2.33. The molecule has 0 atom stereocenters. The topological polar surface area (TPSA) is 84.9 Å². The first-order valence-electron chi connectivity index (χ1n) is 4.86. The molecule has 0 amide bonds. The standard InChI is InChI=1S/C11H8ClFN4O/c12-6-1-2-9(7(13)5-6)18-11-16-4-3-8(17-11)10(14)15/h1-5H,(H3,14,15). The van der Waals surface area contributed by atoms with Crippen molar-refractivity contribution in [1.82, 2.24) is 9.97 Å². The number of nitrogens with zero attached hydrogens (tertiary/aromatic N) is 2. The van der Waals surface area contributed by atoms with Crippen LogP contribution >= 0.6 is 11.6 Å². The zero-order valence-corrected chi connectivity index (χ0v) is 9.78. The molecule has 0 aliphatic rings. The number of halogens is 2. The number of amidine groups is 1. The molecule has 1 aromatic carbocycles. The minimum atomic E-state index is -0.626. The van der Waals surface area contributed by atoms with Gasteiger partial charge in [0, 0.05) is 11.2 Å². The van der Waals surface area contributed by atoms with Gasteiger partial charge in [0.15, 0.2) is 11.6 Å². The highest BCUT2D eigenvalue weighted by molar-refractivity contribution is 6.30. The molecule has 0 spiro atoms. The Morgan fingerprint density at radius 2 is 2.17 bits per heavy atom. The van der Waals surface area contributed by atoms with E-state index < -0.39 is 5.82 Å². The molecule has 0 saturated carbocycles. The summed E-state index contributed by atoms with van der Waals surface area (Å²) in [6.45, 7) is 0. The first-order chi connectivity index (χ1) is 8.56. The zero-order chi connectivity index (χ0) is 13.1. The van der Waals surface area contributed by atoms with E-state index in [2.05, 4.69) is 9.97 Å². The van der Waals surface area contributed by atoms with E-state index in [0.29, 0.717) is 0 Å². The number of hydrogen-bond donors (Lipinski definition) is 2. The lowest BCUT2D eigenvalue weighted by molar-refractivity contribution is 0.410. The Kier molecular flexibility index (Phi) is 3.38. The molecular weight excluding hydrogens is 259 g/mol. The first kappa shape index (κ1) is 12.3. The summed E-state index contributed by atoms with van der Waals surface area (Å²) in [5.74, 6) is -0.904. The van der Waals surface area contributed by atoms with Gasteiger partial charge in [-0.15, -0.1) is 0 Å². The lowest BCUT2D eigenvalue weighted by Crippen LogP contribution is -2.13. The Bertz CT molecular complexity index is 605. The van der Waals surface area contributed by atoms with E-state index in [1.165, 1.54) is 24.4 Å². The van der Waals surface area contributed by atoms with Crippen molar-refractivity contribution in [2.24, 2.45) is 5.73 Å². The molecule has 0 radical (unpaired) electrons. The zero-order valence-electron chi connectivity index (χ0n) is 9.02. The third kappa shape index (κ3) is 2.72. The third-order valence-electron chi connectivity index (χ3n) is 2.00. The first-order valence-corrected chi connectivity index (χ1v) is 5.24. The number of aromatic nitrogens is 2. The molecule has 0 unspecified atom stereocenters. The van der Waals surface area contributed by atoms with Gasteiger partial charge in [-0.1, -0.05) is 11.6 Å². The predicted molar refractivity (Wildman–Crippen MR) is 64.5 cm³/mol. The van der Waals surface area contributed by atoms with Gasteiger partial charge in [0.2, 0.25) is 0 Å². The Labute approximate surface area is 107 Å². The molecule has 7 heteroatoms. The van der Waals surface area contributed by atoms with Crippen LogP contribution in [0.4, 0.5) is 4.39 Å². The maximum absolute atomic E-state index is 13.5. The Morgan fingerprint density at radius 3 is 2.83 bits per heavy atom. The fourth-order valence-electron chi connectivity index (χ4n) is 1.20. The molecule has 18 heavy (non-hydrogen) atoms. The van der Waals surface area contributed by atoms with E-state index in [-0.39, 0.29) is 28.3 Å². The SMILES string of the molecule is N=C(N)c1ccnc(Oc2ccc(Cl)cc2F)n1. The third-order valence-corrected chi connectivity index (χ3v) is 2.24. The van der Waals surface area contributed by atoms with Crippen molar-refractivity contribution < 1.29 is 9.13 Å². The van der Waals surface area contributed by atoms with Crippen LogP contribution in [0, 0.1) is 11.2 Å². The molecule has 0 saturated heterocycles. The number of rotatable bonds is 3. The number of ether oxygens (including phenoxy) is 1. The van der Waals surface area contributed by atoms with E-state index in [1.54, 1.807) is 0 Å². The van der Waals surface area contributed by atoms with Crippen molar-refractivity contribution in [2.75, 3.05) is 0 Å². The lowest BCUT2D eigenvalue weighted by atomic mass is 10.3. The molecule has 2 aromatic rings. The van der Waals surface area contributed by atoms with Crippen LogP contribution < -0.4 is 10.5 Å². The van der Waals surface area contributed by atoms with E-state index >= 15 is 0 Å². The van der Waals surface area contributed by atoms with Gasteiger partial charge >= 0.3 is 6.01 Å². The minimum absolute atomic E-state index is 0.0555. The fourth-order valence-corrected chi connectivity index (χ4v) is 1.36. The quantitative estimate of drug-likeness (QED) is 0.660. The molecule has 1 heterocycles. The van der Waals surface area contributed by atoms with Crippen molar-refractivity contribution in [2.45, 2.75) is 0 Å². The lowest BCUT2D eigenvalue weighted by Gasteiger charge is -2.05. The van der Waals surface area contributed by atoms with Crippen LogP contribution in [0.2, 0.25) is 5.02 Å². The minimum Gasteiger partial charge on any atom is -0.421 e. The van der Waals surface area contributed by atoms with Gasteiger partial charge in [0.05, 0.1) is 0 Å². The molecule has 1 aromatic heterocycles. The second-order valence-electron chi connectivity index (χ2n) is 3.31. The smallest absolute Gasteiger partial charge is 0.322 e. The number of benzene rings is 1. The van der Waals surface area contributed by atoms with Crippen LogP contribution in [0.1, 0.15) is 5.69 Å². The van der Waals surface area contributed by atoms with E-state index in [1.807, 2.05) is 0 Å². The summed E-state index contributed by atoms with van der Waals surface area (Å²) in [5.41, 5.74) is 5.47. The predicted octanol–water partition coefficient (Wildman–Crippen LogP) is 2.35. The molecular formula is C11H8ClFN4O. The Balaban J connectivity index is 2.28. The van der Waals surface area contributed by atoms with Gasteiger partial charge in [-0.2, -0.15) is 4.98 Å². The molecule has 0 aliphatic heterocycles. The highest BCUT2D eigenvalue weighted by Gasteiger charge is 2.08. The highest BCUT2D eigenvalue weighted by atomic mass is 35.5. The highest BCUT2D eigenvalue weighted by Crippen LogP contribution is 2.24. The number of hydrogen-bond acceptors (Lipinski definition) is 4. The molecule has 3 N–H and O–H groups in total. The van der Waals surface area contributed by atoms with Gasteiger partial charge in [0.1, 0.15) is 11.5 Å². The number of nitrogen functional groups attached to an aromatic ring is 1. The largest absolute Gasteiger partial charge is 0.421 e. The molecule has 0 aliphatic carbocycles. The maximum Gasteiger partial charge on any atom is 0.322 e. The monoisotopic (exact) mass is 266 g/mol. The van der Waals surface area contributed by atoms with Gasteiger partial charge in [-0.25, -0.2) is 9.37 Å². The van der Waals surface area contributed by atoms with Crippen molar-refractivity contribution in [1.29, 1.82) is 5.41 Å². The average molecular weight is 267 g/mol. The molecule has 2 rings (SSSR count). The van der Waals surface area contributed by atoms with Crippen LogP contribution in [0.25, 0.3) is 0 Å². The van der Waals surface area contributed by atoms with Crippen molar-refractivity contribution in [3.63, 3.8) is 0 Å². The fraction of sp³-hybridized carbons (Fsp3) is 0. The second-order valence-corrected chi connectivity index (χ2v) is 3.75. The van der Waals surface area contributed by atoms with Crippen LogP contribution in [-0.2, 0) is 0 Å². The Hall–Kier alpha value is -2.21. The summed E-state index contributed by atoms with van der Waals surface area (Å²) in [4.78, 5) is 7.64. The van der Waals surface area contributed by atoms with Gasteiger partial charge in [-0.3, -0.25) is 5.41 Å². The molecule has 5 nitrogen and oxygen atoms in total. The van der Waals surface area contributed by atoms with Crippen LogP contribution in [-0.4, -0.2) is 15.8 Å². The molecule has 92 valence electrons. The summed E-state index contributed by atoms with van der Waals surface area (Å²) >= 11 is 5.62. The van der Waals surface area contributed by atoms with Crippen LogP contribution in [0.15, 0.2) is 30.5 Å². The van der Waals surface area contributed by atoms with E-state index in [9.17, 15) is 4.39 Å². The summed E-state index contributed by atoms with van der Waals surface area (Å²) in [5, 5.41) is 7.48. The molecule has 0 fully saturated rings. The van der Waals surface area contributed by atoms with E-state index in [4.69, 9.17) is 27.5 Å². The Morgan fingerprint density at radius 1 is 1.39 bits per heavy atom. The van der Waals surface area contributed by atoms with Crippen molar-refractivity contribution in [3.05, 3.63) is 47.0 Å². The van der Waals surface area contributed by atoms with Crippen molar-refractivity contribution >= 4 is 17.4 Å². The summed E-state index contributed by atoms with van der Waals surface area (Å²) in [6.07, 6.45) is 1.37. The normalized spacial score (nSPS) is 10.1. The van der Waals surface area contributed by atoms with Crippen LogP contribution in [0.5, 0.6) is 11.8 Å². The van der Waals surface area contributed by atoms with Crippen molar-refractivity contribution in [3.8, 4) is 11.8 Å². The van der Waals surface area contributed by atoms with E-state index in [0.717, 1.165) is 6.07 Å². The second kappa shape index (κ2) is 4.97. The van der Waals surface area contributed by atoms with Gasteiger partial charge in [-0.05, 0) is 24.3 Å². The summed E-state index contributed by atoms with van der Waals surface area (Å²) in [7, 11) is 0. The number of nitrogens with one attached hydrogen (secondary N) is 1. The number of nitrogens with two attached hydrogens (primary N) is 1. The van der Waals surface area contributed by atoms with Gasteiger partial charge in [0.25, 0.3) is 0 Å². The maximum atomic E-state index is 13.5. The van der Waals surface area contributed by atoms with Gasteiger partial charge < -0.3 is 10.5 Å². The van der Waals surface area contributed by atoms with Crippen LogP contribution in [0.3, 0.4) is 0 Å².